The molecule has 1 saturated carbocycles. The minimum absolute atomic E-state index is 0.188. The Morgan fingerprint density at radius 3 is 2.47 bits per heavy atom. The fourth-order valence-electron chi connectivity index (χ4n) is 5.30. The average molecular weight is 421 g/mol. The van der Waals surface area contributed by atoms with E-state index < -0.39 is 11.6 Å². The molecule has 3 rings (SSSR count). The van der Waals surface area contributed by atoms with Gasteiger partial charge in [-0.25, -0.2) is 4.79 Å². The summed E-state index contributed by atoms with van der Waals surface area (Å²) in [4.78, 5) is 41.6. The highest BCUT2D eigenvalue weighted by molar-refractivity contribution is 6.09. The number of hydrogen-bond donors (Lipinski definition) is 2. The summed E-state index contributed by atoms with van der Waals surface area (Å²) in [7, 11) is 0. The highest BCUT2D eigenvalue weighted by Crippen LogP contribution is 2.45. The van der Waals surface area contributed by atoms with Gasteiger partial charge in [0.25, 0.3) is 5.91 Å². The highest BCUT2D eigenvalue weighted by Gasteiger charge is 2.53. The first-order valence-corrected chi connectivity index (χ1v) is 11.8. The molecule has 0 bridgehead atoms. The number of hydrogen-bond acceptors (Lipinski definition) is 4. The van der Waals surface area contributed by atoms with Crippen molar-refractivity contribution in [3.63, 3.8) is 0 Å². The second-order valence-corrected chi connectivity index (χ2v) is 10.4. The van der Waals surface area contributed by atoms with E-state index >= 15 is 0 Å². The Labute approximate surface area is 181 Å². The van der Waals surface area contributed by atoms with E-state index in [4.69, 9.17) is 0 Å². The van der Waals surface area contributed by atoms with E-state index in [1.165, 1.54) is 12.8 Å². The van der Waals surface area contributed by atoms with Crippen LogP contribution in [0.5, 0.6) is 0 Å². The second-order valence-electron chi connectivity index (χ2n) is 10.4. The van der Waals surface area contributed by atoms with Crippen LogP contribution in [0.3, 0.4) is 0 Å². The molecule has 2 aliphatic heterocycles. The summed E-state index contributed by atoms with van der Waals surface area (Å²) in [6.07, 6.45) is 6.80. The first-order chi connectivity index (χ1) is 14.2. The summed E-state index contributed by atoms with van der Waals surface area (Å²) in [5, 5.41) is 5.84. The first kappa shape index (κ1) is 23.0. The molecule has 0 radical (unpaired) electrons. The van der Waals surface area contributed by atoms with Gasteiger partial charge in [0.2, 0.25) is 5.91 Å². The molecule has 0 aromatic rings. The monoisotopic (exact) mass is 420 g/mol. The van der Waals surface area contributed by atoms with Crippen molar-refractivity contribution in [2.24, 2.45) is 17.3 Å². The maximum atomic E-state index is 13.1. The number of rotatable bonds is 8. The molecular weight excluding hydrogens is 380 g/mol. The minimum Gasteiger partial charge on any atom is -0.354 e. The van der Waals surface area contributed by atoms with Crippen LogP contribution in [0.4, 0.5) is 4.79 Å². The number of amides is 4. The molecule has 170 valence electrons. The number of nitrogens with zero attached hydrogens (tertiary/aromatic N) is 2. The van der Waals surface area contributed by atoms with Crippen LogP contribution in [0.15, 0.2) is 0 Å². The van der Waals surface area contributed by atoms with Crippen LogP contribution >= 0.6 is 0 Å². The Morgan fingerprint density at radius 2 is 1.87 bits per heavy atom. The van der Waals surface area contributed by atoms with E-state index in [-0.39, 0.29) is 23.8 Å². The molecule has 2 heterocycles. The van der Waals surface area contributed by atoms with E-state index in [1.54, 1.807) is 0 Å². The fraction of sp³-hybridized carbons (Fsp3) is 0.870. The number of urea groups is 1. The number of nitrogens with one attached hydrogen (secondary N) is 2. The third kappa shape index (κ3) is 4.98. The molecular formula is C23H40N4O3. The lowest BCUT2D eigenvalue weighted by molar-refractivity contribution is -0.136. The lowest BCUT2D eigenvalue weighted by atomic mass is 9.65. The van der Waals surface area contributed by atoms with Gasteiger partial charge >= 0.3 is 6.03 Å². The molecule has 7 nitrogen and oxygen atoms in total. The fourth-order valence-corrected chi connectivity index (χ4v) is 5.30. The van der Waals surface area contributed by atoms with Crippen molar-refractivity contribution in [2.45, 2.75) is 78.2 Å². The van der Waals surface area contributed by atoms with Gasteiger partial charge in [0.15, 0.2) is 0 Å². The van der Waals surface area contributed by atoms with Gasteiger partial charge in [0.05, 0.1) is 0 Å². The van der Waals surface area contributed by atoms with Crippen LogP contribution in [0, 0.1) is 17.3 Å². The molecule has 1 unspecified atom stereocenters. The van der Waals surface area contributed by atoms with E-state index in [0.29, 0.717) is 31.2 Å². The molecule has 1 aliphatic carbocycles. The van der Waals surface area contributed by atoms with Gasteiger partial charge in [-0.15, -0.1) is 0 Å². The van der Waals surface area contributed by atoms with E-state index in [2.05, 4.69) is 43.2 Å². The van der Waals surface area contributed by atoms with Crippen molar-refractivity contribution in [3.05, 3.63) is 0 Å². The van der Waals surface area contributed by atoms with E-state index in [1.807, 2.05) is 0 Å². The Hall–Kier alpha value is -1.63. The SMILES string of the molecule is CCC(C)(C)C1CCC2(CC1)NC(=O)N(CC(=O)NCC(C)CN1CCCC1)C2=O. The molecule has 4 amide bonds. The molecule has 1 spiro atoms. The van der Waals surface area contributed by atoms with Gasteiger partial charge in [0, 0.05) is 13.1 Å². The highest BCUT2D eigenvalue weighted by atomic mass is 16.2. The van der Waals surface area contributed by atoms with Gasteiger partial charge < -0.3 is 15.5 Å². The van der Waals surface area contributed by atoms with E-state index in [9.17, 15) is 14.4 Å². The summed E-state index contributed by atoms with van der Waals surface area (Å²) in [6, 6.07) is -0.423. The number of likely N-dealkylation sites (tertiary alicyclic amines) is 1. The summed E-state index contributed by atoms with van der Waals surface area (Å²) in [5.74, 6) is 0.427. The quantitative estimate of drug-likeness (QED) is 0.592. The molecule has 3 aliphatic rings. The molecule has 2 N–H and O–H groups in total. The van der Waals surface area contributed by atoms with Gasteiger partial charge in [-0.2, -0.15) is 0 Å². The maximum Gasteiger partial charge on any atom is 0.325 e. The van der Waals surface area contributed by atoms with Crippen molar-refractivity contribution in [2.75, 3.05) is 32.7 Å². The van der Waals surface area contributed by atoms with E-state index in [0.717, 1.165) is 43.8 Å². The first-order valence-electron chi connectivity index (χ1n) is 11.8. The molecule has 1 atom stereocenters. The van der Waals surface area contributed by atoms with Crippen molar-refractivity contribution in [1.82, 2.24) is 20.4 Å². The summed E-state index contributed by atoms with van der Waals surface area (Å²) >= 11 is 0. The molecule has 2 saturated heterocycles. The molecule has 7 heteroatoms. The Bertz CT molecular complexity index is 649. The summed E-state index contributed by atoms with van der Waals surface area (Å²) < 4.78 is 0. The van der Waals surface area contributed by atoms with Crippen LogP contribution in [-0.2, 0) is 9.59 Å². The van der Waals surface area contributed by atoms with Gasteiger partial charge in [-0.3, -0.25) is 14.5 Å². The smallest absolute Gasteiger partial charge is 0.325 e. The van der Waals surface area contributed by atoms with Gasteiger partial charge in [0.1, 0.15) is 12.1 Å². The van der Waals surface area contributed by atoms with Crippen molar-refractivity contribution < 1.29 is 14.4 Å². The zero-order valence-corrected chi connectivity index (χ0v) is 19.3. The lowest BCUT2D eigenvalue weighted by Crippen LogP contribution is -2.51. The van der Waals surface area contributed by atoms with Crippen molar-refractivity contribution in [1.29, 1.82) is 0 Å². The third-order valence-corrected chi connectivity index (χ3v) is 7.82. The standard InChI is InChI=1S/C23H40N4O3/c1-5-22(3,4)18-8-10-23(11-9-18)20(29)27(21(30)25-23)16-19(28)24-14-17(2)15-26-12-6-7-13-26/h17-18H,5-16H2,1-4H3,(H,24,28)(H,25,30). The summed E-state index contributed by atoms with van der Waals surface area (Å²) in [5.41, 5.74) is -0.556. The largest absolute Gasteiger partial charge is 0.354 e. The number of carbonyl (C=O) groups excluding carboxylic acids is 3. The third-order valence-electron chi connectivity index (χ3n) is 7.82. The maximum absolute atomic E-state index is 13.1. The van der Waals surface area contributed by atoms with Crippen LogP contribution in [0.2, 0.25) is 0 Å². The van der Waals surface area contributed by atoms with Crippen molar-refractivity contribution in [3.8, 4) is 0 Å². The van der Waals surface area contributed by atoms with Crippen LogP contribution < -0.4 is 10.6 Å². The van der Waals surface area contributed by atoms with Crippen LogP contribution in [0.25, 0.3) is 0 Å². The van der Waals surface area contributed by atoms with Crippen molar-refractivity contribution >= 4 is 17.8 Å². The van der Waals surface area contributed by atoms with Crippen LogP contribution in [0.1, 0.15) is 72.6 Å². The lowest BCUT2D eigenvalue weighted by Gasteiger charge is -2.42. The molecule has 30 heavy (non-hydrogen) atoms. The molecule has 0 aromatic heterocycles. The topological polar surface area (TPSA) is 81.8 Å². The molecule has 3 fully saturated rings. The van der Waals surface area contributed by atoms with Crippen LogP contribution in [-0.4, -0.2) is 65.9 Å². The Morgan fingerprint density at radius 1 is 1.23 bits per heavy atom. The zero-order valence-electron chi connectivity index (χ0n) is 19.3. The average Bonchev–Trinajstić information content (AvgIpc) is 3.29. The second kappa shape index (κ2) is 9.25. The number of carbonyl (C=O) groups is 3. The normalized spacial score (nSPS) is 28.8. The number of imide groups is 1. The van der Waals surface area contributed by atoms with Gasteiger partial charge in [-0.1, -0.05) is 34.1 Å². The predicted molar refractivity (Wildman–Crippen MR) is 117 cm³/mol. The minimum atomic E-state index is -0.805. The predicted octanol–water partition coefficient (Wildman–Crippen LogP) is 2.75. The summed E-state index contributed by atoms with van der Waals surface area (Å²) in [6.45, 7) is 12.5. The van der Waals surface area contributed by atoms with Gasteiger partial charge in [-0.05, 0) is 68.9 Å². The molecule has 0 aromatic carbocycles. The Balaban J connectivity index is 1.48. The Kier molecular flexibility index (Phi) is 7.10. The zero-order chi connectivity index (χ0) is 21.9.